The molecule has 0 aliphatic carbocycles. The first-order valence-electron chi connectivity index (χ1n) is 7.64. The molecule has 0 unspecified atom stereocenters. The van der Waals surface area contributed by atoms with Crippen LogP contribution in [0.1, 0.15) is 11.3 Å². The van der Waals surface area contributed by atoms with Crippen molar-refractivity contribution in [1.29, 1.82) is 0 Å². The summed E-state index contributed by atoms with van der Waals surface area (Å²) < 4.78 is 16.2. The Hall–Kier alpha value is -2.73. The summed E-state index contributed by atoms with van der Waals surface area (Å²) >= 11 is 0. The van der Waals surface area contributed by atoms with Crippen molar-refractivity contribution in [1.82, 2.24) is 19.2 Å². The van der Waals surface area contributed by atoms with Crippen molar-refractivity contribution in [2.45, 2.75) is 11.5 Å². The minimum atomic E-state index is -0.990. The fourth-order valence-corrected chi connectivity index (χ4v) is 3.76. The van der Waals surface area contributed by atoms with Crippen molar-refractivity contribution >= 4 is 16.4 Å². The lowest BCUT2D eigenvalue weighted by Gasteiger charge is -2.04. The number of benzene rings is 1. The van der Waals surface area contributed by atoms with Gasteiger partial charge in [0.15, 0.2) is 0 Å². The second kappa shape index (κ2) is 6.41. The molecule has 0 spiro atoms. The second-order valence-corrected chi connectivity index (χ2v) is 7.00. The number of hydrogen-bond donors (Lipinski definition) is 0. The molecule has 0 bridgehead atoms. The van der Waals surface area contributed by atoms with Gasteiger partial charge in [0.25, 0.3) is 0 Å². The second-order valence-electron chi connectivity index (χ2n) is 5.54. The van der Waals surface area contributed by atoms with Crippen molar-refractivity contribution in [3.05, 3.63) is 84.6 Å². The van der Waals surface area contributed by atoms with Gasteiger partial charge in [0.2, 0.25) is 0 Å². The lowest BCUT2D eigenvalue weighted by Crippen LogP contribution is -2.00. The molecule has 5 nitrogen and oxygen atoms in total. The molecule has 0 saturated heterocycles. The number of pyridine rings is 1. The summed E-state index contributed by atoms with van der Waals surface area (Å²) in [5.41, 5.74) is 3.78. The Labute approximate surface area is 142 Å². The number of hydrogen-bond acceptors (Lipinski definition) is 3. The zero-order valence-electron chi connectivity index (χ0n) is 12.9. The molecule has 6 heteroatoms. The third-order valence-electron chi connectivity index (χ3n) is 3.76. The first-order chi connectivity index (χ1) is 11.8. The van der Waals surface area contributed by atoms with Gasteiger partial charge in [-0.05, 0) is 35.9 Å². The Balaban J connectivity index is 1.44. The largest absolute Gasteiger partial charge is 0.307 e. The van der Waals surface area contributed by atoms with Gasteiger partial charge in [-0.1, -0.05) is 18.2 Å². The first kappa shape index (κ1) is 14.8. The van der Waals surface area contributed by atoms with Crippen LogP contribution in [-0.2, 0) is 22.3 Å². The van der Waals surface area contributed by atoms with Crippen LogP contribution in [0.3, 0.4) is 0 Å². The summed E-state index contributed by atoms with van der Waals surface area (Å²) in [5.74, 6) is 0.982. The average Bonchev–Trinajstić information content (AvgIpc) is 3.24. The van der Waals surface area contributed by atoms with Crippen molar-refractivity contribution in [3.8, 4) is 5.69 Å². The molecule has 1 atom stereocenters. The molecule has 0 amide bonds. The van der Waals surface area contributed by atoms with E-state index in [9.17, 15) is 4.21 Å². The monoisotopic (exact) mass is 336 g/mol. The van der Waals surface area contributed by atoms with E-state index < -0.39 is 10.8 Å². The van der Waals surface area contributed by atoms with Gasteiger partial charge in [-0.2, -0.15) is 5.10 Å². The van der Waals surface area contributed by atoms with E-state index in [2.05, 4.69) is 10.1 Å². The molecule has 0 N–H and O–H groups in total. The fraction of sp³-hybridized carbons (Fsp3) is 0.111. The van der Waals surface area contributed by atoms with E-state index in [0.717, 1.165) is 22.6 Å². The van der Waals surface area contributed by atoms with E-state index >= 15 is 0 Å². The molecule has 4 rings (SSSR count). The van der Waals surface area contributed by atoms with Crippen molar-refractivity contribution in [3.63, 3.8) is 0 Å². The van der Waals surface area contributed by atoms with Crippen LogP contribution in [0.2, 0.25) is 0 Å². The van der Waals surface area contributed by atoms with Gasteiger partial charge >= 0.3 is 0 Å². The zero-order chi connectivity index (χ0) is 16.4. The van der Waals surface area contributed by atoms with Crippen LogP contribution in [0.5, 0.6) is 0 Å². The van der Waals surface area contributed by atoms with Crippen LogP contribution in [-0.4, -0.2) is 23.4 Å². The van der Waals surface area contributed by atoms with E-state index in [0.29, 0.717) is 11.5 Å². The molecular weight excluding hydrogens is 320 g/mol. The Bertz CT molecular complexity index is 941. The van der Waals surface area contributed by atoms with E-state index in [1.165, 1.54) is 0 Å². The predicted molar refractivity (Wildman–Crippen MR) is 94.3 cm³/mol. The number of aromatic nitrogens is 4. The highest BCUT2D eigenvalue weighted by molar-refractivity contribution is 7.83. The van der Waals surface area contributed by atoms with Crippen LogP contribution < -0.4 is 0 Å². The van der Waals surface area contributed by atoms with Crippen molar-refractivity contribution < 1.29 is 4.21 Å². The Morgan fingerprint density at radius 2 is 1.83 bits per heavy atom. The molecule has 120 valence electrons. The molecule has 3 aromatic heterocycles. The SMILES string of the molecule is O=[S@](Cc1ccc(-n2cccn2)cc1)Cc1cn2ccccc2n1. The van der Waals surface area contributed by atoms with Crippen molar-refractivity contribution in [2.75, 3.05) is 0 Å². The number of imidazole rings is 1. The van der Waals surface area contributed by atoms with Crippen LogP contribution in [0.15, 0.2) is 73.3 Å². The smallest absolute Gasteiger partial charge is 0.137 e. The highest BCUT2D eigenvalue weighted by atomic mass is 32.2. The van der Waals surface area contributed by atoms with Crippen LogP contribution >= 0.6 is 0 Å². The van der Waals surface area contributed by atoms with Gasteiger partial charge < -0.3 is 4.40 Å². The van der Waals surface area contributed by atoms with Gasteiger partial charge in [0.05, 0.1) is 17.1 Å². The third-order valence-corrected chi connectivity index (χ3v) is 5.03. The number of rotatable bonds is 5. The summed E-state index contributed by atoms with van der Waals surface area (Å²) in [5, 5.41) is 4.20. The number of nitrogens with zero attached hydrogens (tertiary/aromatic N) is 4. The highest BCUT2D eigenvalue weighted by Gasteiger charge is 2.07. The van der Waals surface area contributed by atoms with Gasteiger partial charge in [-0.3, -0.25) is 4.21 Å². The standard InChI is InChI=1S/C18H16N4OS/c23-24(14-16-12-21-10-2-1-4-18(21)20-16)13-15-5-7-17(8-6-15)22-11-3-9-19-22/h1-12H,13-14H2/t24-/m1/s1. The topological polar surface area (TPSA) is 52.2 Å². The normalized spacial score (nSPS) is 12.5. The minimum absolute atomic E-state index is 0.461. The van der Waals surface area contributed by atoms with Crippen molar-refractivity contribution in [2.24, 2.45) is 0 Å². The summed E-state index contributed by atoms with van der Waals surface area (Å²) in [7, 11) is -0.990. The average molecular weight is 336 g/mol. The van der Waals surface area contributed by atoms with Gasteiger partial charge in [0, 0.05) is 41.3 Å². The summed E-state index contributed by atoms with van der Waals surface area (Å²) in [4.78, 5) is 4.50. The van der Waals surface area contributed by atoms with E-state index in [-0.39, 0.29) is 0 Å². The van der Waals surface area contributed by atoms with E-state index in [4.69, 9.17) is 0 Å². The number of fused-ring (bicyclic) bond motifs is 1. The Kier molecular flexibility index (Phi) is 3.96. The van der Waals surface area contributed by atoms with E-state index in [1.54, 1.807) is 10.9 Å². The Morgan fingerprint density at radius 3 is 2.58 bits per heavy atom. The summed E-state index contributed by atoms with van der Waals surface area (Å²) in [6.45, 7) is 0. The first-order valence-corrected chi connectivity index (χ1v) is 9.13. The molecule has 0 radical (unpaired) electrons. The zero-order valence-corrected chi connectivity index (χ0v) is 13.8. The lowest BCUT2D eigenvalue weighted by molar-refractivity contribution is 0.681. The Morgan fingerprint density at radius 1 is 0.958 bits per heavy atom. The van der Waals surface area contributed by atoms with Crippen LogP contribution in [0, 0.1) is 0 Å². The minimum Gasteiger partial charge on any atom is -0.307 e. The molecule has 24 heavy (non-hydrogen) atoms. The molecule has 1 aromatic carbocycles. The molecule has 4 aromatic rings. The van der Waals surface area contributed by atoms with Gasteiger partial charge in [0.1, 0.15) is 5.65 Å². The van der Waals surface area contributed by atoms with Crippen LogP contribution in [0.25, 0.3) is 11.3 Å². The molecular formula is C18H16N4OS. The maximum Gasteiger partial charge on any atom is 0.137 e. The molecule has 0 fully saturated rings. The fourth-order valence-electron chi connectivity index (χ4n) is 2.63. The van der Waals surface area contributed by atoms with E-state index in [1.807, 2.05) is 71.5 Å². The predicted octanol–water partition coefficient (Wildman–Crippen LogP) is 2.97. The maximum absolute atomic E-state index is 12.4. The third kappa shape index (κ3) is 3.14. The summed E-state index contributed by atoms with van der Waals surface area (Å²) in [6, 6.07) is 15.7. The maximum atomic E-state index is 12.4. The quantitative estimate of drug-likeness (QED) is 0.563. The molecule has 3 heterocycles. The lowest BCUT2D eigenvalue weighted by atomic mass is 10.2. The summed E-state index contributed by atoms with van der Waals surface area (Å²) in [6.07, 6.45) is 7.53. The van der Waals surface area contributed by atoms with Crippen LogP contribution in [0.4, 0.5) is 0 Å². The van der Waals surface area contributed by atoms with Gasteiger partial charge in [-0.25, -0.2) is 9.67 Å². The van der Waals surface area contributed by atoms with Gasteiger partial charge in [-0.15, -0.1) is 0 Å². The molecule has 0 saturated carbocycles. The molecule has 0 aliphatic rings. The highest BCUT2D eigenvalue weighted by Crippen LogP contribution is 2.13. The molecule has 0 aliphatic heterocycles.